The topological polar surface area (TPSA) is 56.1 Å². The van der Waals surface area contributed by atoms with Crippen molar-refractivity contribution in [3.05, 3.63) is 6.33 Å². The highest BCUT2D eigenvalue weighted by molar-refractivity contribution is 4.68. The van der Waals surface area contributed by atoms with Crippen LogP contribution >= 0.6 is 0 Å². The summed E-state index contributed by atoms with van der Waals surface area (Å²) in [6.45, 7) is 1.63. The molecule has 1 saturated heterocycles. The highest BCUT2D eigenvalue weighted by Gasteiger charge is 2.22. The monoisotopic (exact) mass is 126 g/mol. The van der Waals surface area contributed by atoms with Gasteiger partial charge in [-0.15, -0.1) is 5.10 Å². The third-order valence-corrected chi connectivity index (χ3v) is 1.18. The molecule has 0 spiro atoms. The van der Waals surface area contributed by atoms with Crippen molar-refractivity contribution in [1.82, 2.24) is 20.2 Å². The molecule has 0 radical (unpaired) electrons. The van der Waals surface area contributed by atoms with Crippen LogP contribution in [0.2, 0.25) is 0 Å². The molecule has 1 atom stereocenters. The van der Waals surface area contributed by atoms with Crippen molar-refractivity contribution < 1.29 is 4.74 Å². The van der Waals surface area contributed by atoms with Gasteiger partial charge in [0.2, 0.25) is 0 Å². The Labute approximate surface area is 51.6 Å². The Morgan fingerprint density at radius 1 is 1.78 bits per heavy atom. The van der Waals surface area contributed by atoms with Gasteiger partial charge in [-0.1, -0.05) is 0 Å². The van der Waals surface area contributed by atoms with Crippen molar-refractivity contribution >= 4 is 0 Å². The van der Waals surface area contributed by atoms with Crippen molar-refractivity contribution in [2.24, 2.45) is 0 Å². The van der Waals surface area contributed by atoms with Gasteiger partial charge in [-0.05, 0) is 10.4 Å². The molecule has 1 aliphatic rings. The molecule has 1 aromatic rings. The Bertz CT molecular complexity index is 180. The van der Waals surface area contributed by atoms with Crippen LogP contribution in [-0.2, 0) is 11.3 Å². The van der Waals surface area contributed by atoms with E-state index in [9.17, 15) is 0 Å². The summed E-state index contributed by atoms with van der Waals surface area (Å²) < 4.78 is 6.63. The second-order valence-corrected chi connectivity index (χ2v) is 1.99. The first kappa shape index (κ1) is 4.87. The molecule has 0 bridgehead atoms. The van der Waals surface area contributed by atoms with Gasteiger partial charge in [0.05, 0.1) is 13.2 Å². The Kier molecular flexibility index (Phi) is 0.955. The lowest BCUT2D eigenvalue weighted by atomic mass is 10.5. The maximum atomic E-state index is 4.97. The SMILES string of the molecule is c1nnnn1CC1CO1. The molecule has 1 aromatic heterocycles. The average Bonchev–Trinajstić information content (AvgIpc) is 2.46. The molecule has 2 heterocycles. The number of epoxide rings is 1. The van der Waals surface area contributed by atoms with Gasteiger partial charge in [-0.3, -0.25) is 0 Å². The van der Waals surface area contributed by atoms with E-state index >= 15 is 0 Å². The van der Waals surface area contributed by atoms with Gasteiger partial charge < -0.3 is 4.74 Å². The van der Waals surface area contributed by atoms with Gasteiger partial charge in [0.1, 0.15) is 12.4 Å². The first-order chi connectivity index (χ1) is 4.45. The number of hydrogen-bond acceptors (Lipinski definition) is 4. The highest BCUT2D eigenvalue weighted by Crippen LogP contribution is 2.09. The third kappa shape index (κ3) is 1.05. The minimum atomic E-state index is 0.355. The van der Waals surface area contributed by atoms with Crippen molar-refractivity contribution in [2.75, 3.05) is 6.61 Å². The van der Waals surface area contributed by atoms with Gasteiger partial charge in [0.25, 0.3) is 0 Å². The molecule has 5 heteroatoms. The van der Waals surface area contributed by atoms with E-state index in [1.165, 1.54) is 0 Å². The molecular formula is C4H6N4O. The fourth-order valence-corrected chi connectivity index (χ4v) is 0.646. The van der Waals surface area contributed by atoms with E-state index in [0.717, 1.165) is 13.2 Å². The summed E-state index contributed by atoms with van der Waals surface area (Å²) in [6.07, 6.45) is 1.94. The van der Waals surface area contributed by atoms with Gasteiger partial charge in [-0.25, -0.2) is 4.68 Å². The zero-order chi connectivity index (χ0) is 6.10. The van der Waals surface area contributed by atoms with Crippen LogP contribution in [0.4, 0.5) is 0 Å². The number of nitrogens with zero attached hydrogens (tertiary/aromatic N) is 4. The lowest BCUT2D eigenvalue weighted by Gasteiger charge is -1.89. The molecule has 2 rings (SSSR count). The van der Waals surface area contributed by atoms with Gasteiger partial charge in [0, 0.05) is 0 Å². The molecule has 0 saturated carbocycles. The molecule has 0 N–H and O–H groups in total. The van der Waals surface area contributed by atoms with Crippen LogP contribution in [0.3, 0.4) is 0 Å². The van der Waals surface area contributed by atoms with Crippen LogP contribution < -0.4 is 0 Å². The average molecular weight is 126 g/mol. The number of aromatic nitrogens is 4. The quantitative estimate of drug-likeness (QED) is 0.480. The Morgan fingerprint density at radius 3 is 3.22 bits per heavy atom. The number of ether oxygens (including phenoxy) is 1. The van der Waals surface area contributed by atoms with E-state index in [-0.39, 0.29) is 0 Å². The minimum absolute atomic E-state index is 0.355. The zero-order valence-corrected chi connectivity index (χ0v) is 4.77. The Hall–Kier alpha value is -0.970. The number of hydrogen-bond donors (Lipinski definition) is 0. The van der Waals surface area contributed by atoms with Crippen molar-refractivity contribution in [1.29, 1.82) is 0 Å². The first-order valence-electron chi connectivity index (χ1n) is 2.77. The summed E-state index contributed by atoms with van der Waals surface area (Å²) in [4.78, 5) is 0. The second kappa shape index (κ2) is 1.77. The fourth-order valence-electron chi connectivity index (χ4n) is 0.646. The highest BCUT2D eigenvalue weighted by atomic mass is 16.6. The van der Waals surface area contributed by atoms with Gasteiger partial charge in [-0.2, -0.15) is 0 Å². The predicted molar refractivity (Wildman–Crippen MR) is 27.6 cm³/mol. The molecule has 1 aliphatic heterocycles. The van der Waals surface area contributed by atoms with E-state index < -0.39 is 0 Å². The summed E-state index contributed by atoms with van der Waals surface area (Å²) in [6, 6.07) is 0. The van der Waals surface area contributed by atoms with E-state index in [0.29, 0.717) is 6.10 Å². The molecule has 0 amide bonds. The van der Waals surface area contributed by atoms with Crippen molar-refractivity contribution in [2.45, 2.75) is 12.6 Å². The summed E-state index contributed by atoms with van der Waals surface area (Å²) in [5.74, 6) is 0. The summed E-state index contributed by atoms with van der Waals surface area (Å²) in [7, 11) is 0. The smallest absolute Gasteiger partial charge is 0.138 e. The van der Waals surface area contributed by atoms with Crippen molar-refractivity contribution in [3.8, 4) is 0 Å². The van der Waals surface area contributed by atoms with E-state index in [1.54, 1.807) is 11.0 Å². The van der Waals surface area contributed by atoms with Gasteiger partial charge in [0.15, 0.2) is 0 Å². The molecule has 0 aromatic carbocycles. The predicted octanol–water partition coefficient (Wildman–Crippen LogP) is -0.928. The number of rotatable bonds is 2. The second-order valence-electron chi connectivity index (χ2n) is 1.99. The molecule has 0 aliphatic carbocycles. The van der Waals surface area contributed by atoms with Crippen LogP contribution in [0.25, 0.3) is 0 Å². The van der Waals surface area contributed by atoms with E-state index in [1.807, 2.05) is 0 Å². The maximum absolute atomic E-state index is 4.97. The van der Waals surface area contributed by atoms with Gasteiger partial charge >= 0.3 is 0 Å². The molecule has 9 heavy (non-hydrogen) atoms. The summed E-state index contributed by atoms with van der Waals surface area (Å²) >= 11 is 0. The molecule has 1 fully saturated rings. The van der Waals surface area contributed by atoms with Crippen molar-refractivity contribution in [3.63, 3.8) is 0 Å². The first-order valence-corrected chi connectivity index (χ1v) is 2.77. The zero-order valence-electron chi connectivity index (χ0n) is 4.77. The van der Waals surface area contributed by atoms with E-state index in [2.05, 4.69) is 15.5 Å². The molecule has 48 valence electrons. The summed E-state index contributed by atoms with van der Waals surface area (Å²) in [5, 5.41) is 10.6. The standard InChI is InChI=1S/C4H6N4O/c1(4-2-9-4)8-3-5-6-7-8/h3-4H,1-2H2. The molecule has 1 unspecified atom stereocenters. The van der Waals surface area contributed by atoms with Crippen LogP contribution in [0, 0.1) is 0 Å². The molecule has 5 nitrogen and oxygen atoms in total. The Morgan fingerprint density at radius 2 is 2.67 bits per heavy atom. The Balaban J connectivity index is 1.99. The summed E-state index contributed by atoms with van der Waals surface area (Å²) in [5.41, 5.74) is 0. The fraction of sp³-hybridized carbons (Fsp3) is 0.750. The van der Waals surface area contributed by atoms with Crippen LogP contribution in [0.5, 0.6) is 0 Å². The number of tetrazole rings is 1. The third-order valence-electron chi connectivity index (χ3n) is 1.18. The van der Waals surface area contributed by atoms with Crippen LogP contribution in [-0.4, -0.2) is 32.9 Å². The lowest BCUT2D eigenvalue weighted by molar-refractivity contribution is 0.371. The van der Waals surface area contributed by atoms with E-state index in [4.69, 9.17) is 4.74 Å². The minimum Gasteiger partial charge on any atom is -0.371 e. The van der Waals surface area contributed by atoms with Crippen LogP contribution in [0.1, 0.15) is 0 Å². The van der Waals surface area contributed by atoms with Crippen LogP contribution in [0.15, 0.2) is 6.33 Å². The normalized spacial score (nSPS) is 24.2. The maximum Gasteiger partial charge on any atom is 0.138 e. The molecular weight excluding hydrogens is 120 g/mol. The largest absolute Gasteiger partial charge is 0.371 e. The lowest BCUT2D eigenvalue weighted by Crippen LogP contribution is -2.04.